The van der Waals surface area contributed by atoms with E-state index in [1.54, 1.807) is 0 Å². The lowest BCUT2D eigenvalue weighted by Crippen LogP contribution is -2.13. The molecule has 0 spiro atoms. The summed E-state index contributed by atoms with van der Waals surface area (Å²) in [6, 6.07) is 13.6. The quantitative estimate of drug-likeness (QED) is 0.656. The number of para-hydroxylation sites is 1. The van der Waals surface area contributed by atoms with Crippen LogP contribution >= 0.6 is 11.6 Å². The van der Waals surface area contributed by atoms with Gasteiger partial charge in [-0.2, -0.15) is 0 Å². The Morgan fingerprint density at radius 3 is 2.70 bits per heavy atom. The van der Waals surface area contributed by atoms with Gasteiger partial charge in [0.15, 0.2) is 0 Å². The van der Waals surface area contributed by atoms with E-state index in [2.05, 4.69) is 5.32 Å². The highest BCUT2D eigenvalue weighted by Crippen LogP contribution is 2.25. The SMILES string of the molecule is O=C(c1cc(Cl)ccc1NCc1cc2ccccc2o1)C(F)F. The highest BCUT2D eigenvalue weighted by atomic mass is 35.5. The minimum absolute atomic E-state index is 0.136. The van der Waals surface area contributed by atoms with E-state index in [0.717, 1.165) is 11.0 Å². The summed E-state index contributed by atoms with van der Waals surface area (Å²) >= 11 is 5.79. The molecule has 1 N–H and O–H groups in total. The van der Waals surface area contributed by atoms with Gasteiger partial charge in [-0.05, 0) is 30.3 Å². The molecule has 0 aliphatic rings. The van der Waals surface area contributed by atoms with Crippen molar-refractivity contribution in [2.75, 3.05) is 5.32 Å². The molecule has 3 aromatic rings. The molecule has 2 aromatic carbocycles. The number of carbonyl (C=O) groups is 1. The summed E-state index contributed by atoms with van der Waals surface area (Å²) in [7, 11) is 0. The Kier molecular flexibility index (Phi) is 4.30. The third-order valence-corrected chi connectivity index (χ3v) is 3.61. The molecule has 0 saturated heterocycles. The van der Waals surface area contributed by atoms with E-state index in [4.69, 9.17) is 16.0 Å². The number of Topliss-reactive ketones (excluding diaryl/α,β-unsaturated/α-hetero) is 1. The minimum atomic E-state index is -3.08. The van der Waals surface area contributed by atoms with Gasteiger partial charge in [-0.25, -0.2) is 8.78 Å². The van der Waals surface area contributed by atoms with Crippen molar-refractivity contribution in [1.82, 2.24) is 0 Å². The second kappa shape index (κ2) is 6.38. The molecule has 6 heteroatoms. The Morgan fingerprint density at radius 1 is 1.17 bits per heavy atom. The molecular formula is C17H12ClF2NO2. The van der Waals surface area contributed by atoms with Crippen LogP contribution in [0.15, 0.2) is 52.9 Å². The number of benzene rings is 2. The van der Waals surface area contributed by atoms with Crippen LogP contribution in [0.3, 0.4) is 0 Å². The molecule has 118 valence electrons. The predicted octanol–water partition coefficient (Wildman–Crippen LogP) is 5.15. The monoisotopic (exact) mass is 335 g/mol. The van der Waals surface area contributed by atoms with Gasteiger partial charge in [0, 0.05) is 21.7 Å². The first kappa shape index (κ1) is 15.5. The summed E-state index contributed by atoms with van der Waals surface area (Å²) in [5.74, 6) is -0.629. The van der Waals surface area contributed by atoms with E-state index in [-0.39, 0.29) is 17.1 Å². The Bertz CT molecular complexity index is 828. The fourth-order valence-electron chi connectivity index (χ4n) is 2.30. The van der Waals surface area contributed by atoms with Crippen LogP contribution in [-0.2, 0) is 6.54 Å². The summed E-state index contributed by atoms with van der Waals surface area (Å²) in [6.07, 6.45) is -3.08. The van der Waals surface area contributed by atoms with Crippen molar-refractivity contribution in [3.8, 4) is 0 Å². The number of hydrogen-bond acceptors (Lipinski definition) is 3. The molecule has 0 aliphatic carbocycles. The molecule has 0 aliphatic heterocycles. The molecule has 1 heterocycles. The van der Waals surface area contributed by atoms with Gasteiger partial charge < -0.3 is 9.73 Å². The van der Waals surface area contributed by atoms with Crippen molar-refractivity contribution in [3.05, 3.63) is 64.9 Å². The number of halogens is 3. The van der Waals surface area contributed by atoms with Gasteiger partial charge in [0.05, 0.1) is 6.54 Å². The zero-order valence-electron chi connectivity index (χ0n) is 11.9. The zero-order valence-corrected chi connectivity index (χ0v) is 12.6. The topological polar surface area (TPSA) is 42.2 Å². The molecule has 0 radical (unpaired) electrons. The van der Waals surface area contributed by atoms with E-state index in [9.17, 15) is 13.6 Å². The van der Waals surface area contributed by atoms with E-state index in [0.29, 0.717) is 11.4 Å². The molecule has 0 atom stereocenters. The van der Waals surface area contributed by atoms with Crippen LogP contribution in [0, 0.1) is 0 Å². The van der Waals surface area contributed by atoms with Gasteiger partial charge in [0.25, 0.3) is 0 Å². The van der Waals surface area contributed by atoms with E-state index in [1.807, 2.05) is 30.3 Å². The zero-order chi connectivity index (χ0) is 16.4. The number of furan rings is 1. The number of ketones is 1. The third-order valence-electron chi connectivity index (χ3n) is 3.37. The van der Waals surface area contributed by atoms with Gasteiger partial charge in [0.1, 0.15) is 11.3 Å². The maximum absolute atomic E-state index is 12.7. The van der Waals surface area contributed by atoms with Gasteiger partial charge in [-0.3, -0.25) is 4.79 Å². The summed E-state index contributed by atoms with van der Waals surface area (Å²) in [4.78, 5) is 11.6. The summed E-state index contributed by atoms with van der Waals surface area (Å²) < 4.78 is 31.0. The number of carbonyl (C=O) groups excluding carboxylic acids is 1. The number of anilines is 1. The van der Waals surface area contributed by atoms with Crippen LogP contribution < -0.4 is 5.32 Å². The lowest BCUT2D eigenvalue weighted by Gasteiger charge is -2.10. The van der Waals surface area contributed by atoms with Gasteiger partial charge in [-0.15, -0.1) is 0 Å². The van der Waals surface area contributed by atoms with Gasteiger partial charge >= 0.3 is 6.43 Å². The largest absolute Gasteiger partial charge is 0.459 e. The van der Waals surface area contributed by atoms with Crippen LogP contribution in [0.5, 0.6) is 0 Å². The van der Waals surface area contributed by atoms with E-state index < -0.39 is 12.2 Å². The Labute approximate surface area is 135 Å². The second-order valence-corrected chi connectivity index (χ2v) is 5.40. The fourth-order valence-corrected chi connectivity index (χ4v) is 2.47. The molecule has 23 heavy (non-hydrogen) atoms. The van der Waals surface area contributed by atoms with Gasteiger partial charge in [0.2, 0.25) is 5.78 Å². The smallest absolute Gasteiger partial charge is 0.300 e. The normalized spacial score (nSPS) is 11.1. The first-order chi connectivity index (χ1) is 11.0. The molecule has 0 unspecified atom stereocenters. The summed E-state index contributed by atoms with van der Waals surface area (Å²) in [5, 5.41) is 4.12. The molecule has 0 bridgehead atoms. The molecule has 0 saturated carbocycles. The third kappa shape index (κ3) is 3.35. The maximum atomic E-state index is 12.7. The molecule has 0 fully saturated rings. The van der Waals surface area contributed by atoms with Crippen LogP contribution in [0.25, 0.3) is 11.0 Å². The highest BCUT2D eigenvalue weighted by Gasteiger charge is 2.21. The molecular weight excluding hydrogens is 324 g/mol. The van der Waals surface area contributed by atoms with Gasteiger partial charge in [-0.1, -0.05) is 29.8 Å². The van der Waals surface area contributed by atoms with Crippen molar-refractivity contribution in [1.29, 1.82) is 0 Å². The average molecular weight is 336 g/mol. The first-order valence-corrected chi connectivity index (χ1v) is 7.25. The van der Waals surface area contributed by atoms with E-state index in [1.165, 1.54) is 18.2 Å². The predicted molar refractivity (Wildman–Crippen MR) is 85.3 cm³/mol. The summed E-state index contributed by atoms with van der Waals surface area (Å²) in [6.45, 7) is 0.264. The molecule has 1 aromatic heterocycles. The lowest BCUT2D eigenvalue weighted by atomic mass is 10.1. The number of alkyl halides is 2. The Balaban J connectivity index is 1.83. The number of rotatable bonds is 5. The molecule has 3 rings (SSSR count). The lowest BCUT2D eigenvalue weighted by molar-refractivity contribution is 0.0679. The van der Waals surface area contributed by atoms with Crippen molar-refractivity contribution >= 4 is 34.0 Å². The van der Waals surface area contributed by atoms with Crippen molar-refractivity contribution in [3.63, 3.8) is 0 Å². The van der Waals surface area contributed by atoms with Crippen molar-refractivity contribution < 1.29 is 18.0 Å². The first-order valence-electron chi connectivity index (χ1n) is 6.88. The van der Waals surface area contributed by atoms with Crippen LogP contribution in [0.1, 0.15) is 16.1 Å². The number of fused-ring (bicyclic) bond motifs is 1. The summed E-state index contributed by atoms with van der Waals surface area (Å²) in [5.41, 5.74) is 0.896. The second-order valence-electron chi connectivity index (χ2n) is 4.96. The minimum Gasteiger partial charge on any atom is -0.459 e. The molecule has 0 amide bonds. The van der Waals surface area contributed by atoms with Crippen LogP contribution in [-0.4, -0.2) is 12.2 Å². The maximum Gasteiger partial charge on any atom is 0.300 e. The number of hydrogen-bond donors (Lipinski definition) is 1. The van der Waals surface area contributed by atoms with Crippen molar-refractivity contribution in [2.45, 2.75) is 13.0 Å². The highest BCUT2D eigenvalue weighted by molar-refractivity contribution is 6.31. The Morgan fingerprint density at radius 2 is 1.96 bits per heavy atom. The standard InChI is InChI=1S/C17H12ClF2NO2/c18-11-5-6-14(13(8-11)16(22)17(19)20)21-9-12-7-10-3-1-2-4-15(10)23-12/h1-8,17,21H,9H2. The molecule has 3 nitrogen and oxygen atoms in total. The fraction of sp³-hybridized carbons (Fsp3) is 0.118. The Hall–Kier alpha value is -2.40. The van der Waals surface area contributed by atoms with Crippen molar-refractivity contribution in [2.24, 2.45) is 0 Å². The van der Waals surface area contributed by atoms with Crippen LogP contribution in [0.2, 0.25) is 5.02 Å². The van der Waals surface area contributed by atoms with E-state index >= 15 is 0 Å². The average Bonchev–Trinajstić information content (AvgIpc) is 2.95. The number of nitrogens with one attached hydrogen (secondary N) is 1. The van der Waals surface area contributed by atoms with Crippen LogP contribution in [0.4, 0.5) is 14.5 Å².